The van der Waals surface area contributed by atoms with E-state index in [1.807, 2.05) is 0 Å². The predicted molar refractivity (Wildman–Crippen MR) is 56.0 cm³/mol. The molecule has 0 aromatic carbocycles. The van der Waals surface area contributed by atoms with Crippen LogP contribution in [0.1, 0.15) is 52.9 Å². The van der Waals surface area contributed by atoms with E-state index in [9.17, 15) is 4.79 Å². The first-order chi connectivity index (χ1) is 6.57. The van der Waals surface area contributed by atoms with Crippen molar-refractivity contribution in [2.24, 2.45) is 0 Å². The zero-order valence-corrected chi connectivity index (χ0v) is 9.45. The fraction of sp³-hybridized carbons (Fsp3) is 0.909. The zero-order valence-electron chi connectivity index (χ0n) is 9.45. The van der Waals surface area contributed by atoms with Crippen molar-refractivity contribution >= 4 is 5.97 Å². The van der Waals surface area contributed by atoms with Gasteiger partial charge < -0.3 is 9.84 Å². The Kier molecular flexibility index (Phi) is 7.48. The largest absolute Gasteiger partial charge is 0.460 e. The van der Waals surface area contributed by atoms with Crippen molar-refractivity contribution in [3.63, 3.8) is 0 Å². The second-order valence-corrected chi connectivity index (χ2v) is 3.75. The van der Waals surface area contributed by atoms with Crippen molar-refractivity contribution in [1.29, 1.82) is 0 Å². The summed E-state index contributed by atoms with van der Waals surface area (Å²) >= 11 is 0. The Morgan fingerprint density at radius 3 is 2.43 bits per heavy atom. The summed E-state index contributed by atoms with van der Waals surface area (Å²) in [7, 11) is 0. The third-order valence-corrected chi connectivity index (χ3v) is 2.23. The van der Waals surface area contributed by atoms with E-state index in [-0.39, 0.29) is 5.97 Å². The summed E-state index contributed by atoms with van der Waals surface area (Å²) in [5, 5.41) is 9.10. The summed E-state index contributed by atoms with van der Waals surface area (Å²) in [4.78, 5) is 11.2. The van der Waals surface area contributed by atoms with Crippen LogP contribution in [-0.4, -0.2) is 23.3 Å². The highest BCUT2D eigenvalue weighted by Gasteiger charge is 2.13. The van der Waals surface area contributed by atoms with E-state index in [1.165, 1.54) is 12.8 Å². The Hall–Kier alpha value is -0.570. The van der Waals surface area contributed by atoms with Crippen molar-refractivity contribution < 1.29 is 14.6 Å². The van der Waals surface area contributed by atoms with Gasteiger partial charge in [0, 0.05) is 6.42 Å². The third kappa shape index (κ3) is 6.89. The molecule has 2 atom stereocenters. The number of esters is 1. The molecule has 0 saturated carbocycles. The molecule has 0 saturated heterocycles. The standard InChI is InChI=1S/C11H22O3/c1-4-5-6-7-8-11(13)14-10(3)9(2)12/h9-10,12H,4-8H2,1-3H3. The molecule has 0 radical (unpaired) electrons. The number of aliphatic hydroxyl groups excluding tert-OH is 1. The maximum atomic E-state index is 11.2. The van der Waals surface area contributed by atoms with Crippen LogP contribution in [0.3, 0.4) is 0 Å². The van der Waals surface area contributed by atoms with E-state index in [0.29, 0.717) is 6.42 Å². The molecule has 0 aromatic heterocycles. The molecular weight excluding hydrogens is 180 g/mol. The number of ether oxygens (including phenoxy) is 1. The minimum absolute atomic E-state index is 0.200. The summed E-state index contributed by atoms with van der Waals surface area (Å²) in [5.74, 6) is -0.200. The average molecular weight is 202 g/mol. The molecule has 1 N–H and O–H groups in total. The highest BCUT2D eigenvalue weighted by atomic mass is 16.6. The van der Waals surface area contributed by atoms with Gasteiger partial charge in [-0.05, 0) is 20.3 Å². The van der Waals surface area contributed by atoms with Crippen LogP contribution in [0, 0.1) is 0 Å². The summed E-state index contributed by atoms with van der Waals surface area (Å²) in [6, 6.07) is 0. The number of hydrogen-bond donors (Lipinski definition) is 1. The Balaban J connectivity index is 3.45. The van der Waals surface area contributed by atoms with Gasteiger partial charge in [-0.3, -0.25) is 4.79 Å². The molecule has 3 heteroatoms. The fourth-order valence-electron chi connectivity index (χ4n) is 1.06. The minimum atomic E-state index is -0.588. The van der Waals surface area contributed by atoms with Gasteiger partial charge in [-0.15, -0.1) is 0 Å². The summed E-state index contributed by atoms with van der Waals surface area (Å²) in [6.07, 6.45) is 3.78. The monoisotopic (exact) mass is 202 g/mol. The smallest absolute Gasteiger partial charge is 0.306 e. The van der Waals surface area contributed by atoms with Crippen molar-refractivity contribution in [1.82, 2.24) is 0 Å². The Morgan fingerprint density at radius 1 is 1.29 bits per heavy atom. The molecule has 14 heavy (non-hydrogen) atoms. The van der Waals surface area contributed by atoms with Crippen LogP contribution in [0.15, 0.2) is 0 Å². The maximum absolute atomic E-state index is 11.2. The van der Waals surface area contributed by atoms with E-state index in [2.05, 4.69) is 6.92 Å². The molecule has 0 heterocycles. The summed E-state index contributed by atoms with van der Waals surface area (Å²) in [6.45, 7) is 5.46. The van der Waals surface area contributed by atoms with Crippen LogP contribution in [-0.2, 0) is 9.53 Å². The zero-order chi connectivity index (χ0) is 11.0. The average Bonchev–Trinajstić information content (AvgIpc) is 2.12. The number of carbonyl (C=O) groups is 1. The van der Waals surface area contributed by atoms with Gasteiger partial charge in [-0.1, -0.05) is 26.2 Å². The van der Waals surface area contributed by atoms with Gasteiger partial charge in [0.1, 0.15) is 6.10 Å². The molecule has 0 aliphatic heterocycles. The molecule has 0 aromatic rings. The highest BCUT2D eigenvalue weighted by molar-refractivity contribution is 5.69. The molecule has 0 fully saturated rings. The first-order valence-corrected chi connectivity index (χ1v) is 5.45. The Bertz CT molecular complexity index is 155. The topological polar surface area (TPSA) is 46.5 Å². The van der Waals surface area contributed by atoms with Gasteiger partial charge in [0.15, 0.2) is 0 Å². The molecule has 0 bridgehead atoms. The lowest BCUT2D eigenvalue weighted by Crippen LogP contribution is -2.25. The van der Waals surface area contributed by atoms with E-state index in [0.717, 1.165) is 12.8 Å². The van der Waals surface area contributed by atoms with Crippen molar-refractivity contribution in [3.05, 3.63) is 0 Å². The van der Waals surface area contributed by atoms with E-state index >= 15 is 0 Å². The highest BCUT2D eigenvalue weighted by Crippen LogP contribution is 2.06. The normalized spacial score (nSPS) is 14.9. The summed E-state index contributed by atoms with van der Waals surface area (Å²) < 4.78 is 5.00. The third-order valence-electron chi connectivity index (χ3n) is 2.23. The maximum Gasteiger partial charge on any atom is 0.306 e. The van der Waals surface area contributed by atoms with Crippen LogP contribution in [0.4, 0.5) is 0 Å². The first kappa shape index (κ1) is 13.4. The first-order valence-electron chi connectivity index (χ1n) is 5.45. The van der Waals surface area contributed by atoms with Gasteiger partial charge >= 0.3 is 5.97 Å². The predicted octanol–water partition coefficient (Wildman–Crippen LogP) is 2.27. The fourth-order valence-corrected chi connectivity index (χ4v) is 1.06. The number of aliphatic hydroxyl groups is 1. The van der Waals surface area contributed by atoms with E-state index < -0.39 is 12.2 Å². The van der Waals surface area contributed by atoms with Gasteiger partial charge in [0.05, 0.1) is 6.10 Å². The molecule has 0 spiro atoms. The van der Waals surface area contributed by atoms with Crippen LogP contribution in [0.25, 0.3) is 0 Å². The Labute approximate surface area is 86.5 Å². The number of unbranched alkanes of at least 4 members (excludes halogenated alkanes) is 3. The number of hydrogen-bond acceptors (Lipinski definition) is 3. The molecule has 3 nitrogen and oxygen atoms in total. The second kappa shape index (κ2) is 7.80. The van der Waals surface area contributed by atoms with E-state index in [4.69, 9.17) is 9.84 Å². The minimum Gasteiger partial charge on any atom is -0.460 e. The van der Waals surface area contributed by atoms with E-state index in [1.54, 1.807) is 13.8 Å². The van der Waals surface area contributed by atoms with Crippen molar-refractivity contribution in [3.8, 4) is 0 Å². The Morgan fingerprint density at radius 2 is 1.93 bits per heavy atom. The lowest BCUT2D eigenvalue weighted by molar-refractivity contribution is -0.153. The molecule has 2 unspecified atom stereocenters. The molecule has 84 valence electrons. The molecule has 0 aliphatic carbocycles. The molecular formula is C11H22O3. The van der Waals surface area contributed by atoms with Crippen LogP contribution in [0.2, 0.25) is 0 Å². The number of rotatable bonds is 7. The van der Waals surface area contributed by atoms with Crippen LogP contribution in [0.5, 0.6) is 0 Å². The van der Waals surface area contributed by atoms with Crippen LogP contribution < -0.4 is 0 Å². The quantitative estimate of drug-likeness (QED) is 0.509. The summed E-state index contributed by atoms with van der Waals surface area (Å²) in [5.41, 5.74) is 0. The number of carbonyl (C=O) groups excluding carboxylic acids is 1. The molecule has 0 rings (SSSR count). The molecule has 0 amide bonds. The van der Waals surface area contributed by atoms with Crippen molar-refractivity contribution in [2.45, 2.75) is 65.1 Å². The van der Waals surface area contributed by atoms with Gasteiger partial charge in [0.25, 0.3) is 0 Å². The lowest BCUT2D eigenvalue weighted by Gasteiger charge is -2.15. The molecule has 0 aliphatic rings. The van der Waals surface area contributed by atoms with Gasteiger partial charge in [-0.2, -0.15) is 0 Å². The van der Waals surface area contributed by atoms with Crippen molar-refractivity contribution in [2.75, 3.05) is 0 Å². The van der Waals surface area contributed by atoms with Gasteiger partial charge in [-0.25, -0.2) is 0 Å². The van der Waals surface area contributed by atoms with Crippen LogP contribution >= 0.6 is 0 Å². The second-order valence-electron chi connectivity index (χ2n) is 3.75. The van der Waals surface area contributed by atoms with Gasteiger partial charge in [0.2, 0.25) is 0 Å². The SMILES string of the molecule is CCCCCCC(=O)OC(C)C(C)O. The lowest BCUT2D eigenvalue weighted by atomic mass is 10.1.